The molecule has 0 aromatic rings. The van der Waals surface area contributed by atoms with Crippen LogP contribution >= 0.6 is 0 Å². The molecule has 1 amide bonds. The van der Waals surface area contributed by atoms with E-state index in [4.69, 9.17) is 4.74 Å². The topological polar surface area (TPSA) is 92.8 Å². The van der Waals surface area contributed by atoms with Crippen LogP contribution in [0.2, 0.25) is 0 Å². The van der Waals surface area contributed by atoms with Crippen molar-refractivity contribution in [3.8, 4) is 0 Å². The van der Waals surface area contributed by atoms with Crippen molar-refractivity contribution in [3.63, 3.8) is 0 Å². The normalized spacial score (nSPS) is 20.9. The predicted molar refractivity (Wildman–Crippen MR) is 78.0 cm³/mol. The zero-order chi connectivity index (χ0) is 16.0. The van der Waals surface area contributed by atoms with Crippen molar-refractivity contribution in [2.45, 2.75) is 51.6 Å². The van der Waals surface area contributed by atoms with Crippen LogP contribution in [0.5, 0.6) is 0 Å². The molecule has 21 heavy (non-hydrogen) atoms. The average Bonchev–Trinajstić information content (AvgIpc) is 2.45. The fourth-order valence-electron chi connectivity index (χ4n) is 2.47. The summed E-state index contributed by atoms with van der Waals surface area (Å²) in [5.74, 6) is -0.859. The van der Waals surface area contributed by atoms with Gasteiger partial charge in [-0.25, -0.2) is 17.9 Å². The Labute approximate surface area is 126 Å². The van der Waals surface area contributed by atoms with E-state index in [1.54, 1.807) is 6.92 Å². The van der Waals surface area contributed by atoms with E-state index in [1.807, 2.05) is 0 Å². The summed E-state index contributed by atoms with van der Waals surface area (Å²) >= 11 is 0. The van der Waals surface area contributed by atoms with Crippen LogP contribution in [-0.2, 0) is 24.3 Å². The molecule has 122 valence electrons. The van der Waals surface area contributed by atoms with Crippen LogP contribution in [0.25, 0.3) is 0 Å². The Morgan fingerprint density at radius 1 is 1.38 bits per heavy atom. The van der Waals surface area contributed by atoms with Gasteiger partial charge in [0.05, 0.1) is 18.9 Å². The number of amides is 1. The van der Waals surface area contributed by atoms with Crippen LogP contribution in [0.3, 0.4) is 0 Å². The SMILES string of the molecule is CCCS(=O)(=O)NC(C)C(=O)N1CCCC[C@@H]1C(=O)OC. The first-order valence-electron chi connectivity index (χ1n) is 7.20. The van der Waals surface area contributed by atoms with E-state index in [9.17, 15) is 18.0 Å². The summed E-state index contributed by atoms with van der Waals surface area (Å²) < 4.78 is 30.5. The molecular formula is C13H24N2O5S. The molecule has 1 unspecified atom stereocenters. The van der Waals surface area contributed by atoms with Gasteiger partial charge in [0.1, 0.15) is 6.04 Å². The maximum atomic E-state index is 12.4. The number of likely N-dealkylation sites (tertiary alicyclic amines) is 1. The monoisotopic (exact) mass is 320 g/mol. The Balaban J connectivity index is 2.77. The molecule has 1 saturated heterocycles. The summed E-state index contributed by atoms with van der Waals surface area (Å²) in [6.45, 7) is 3.70. The lowest BCUT2D eigenvalue weighted by Crippen LogP contribution is -2.55. The largest absolute Gasteiger partial charge is 0.467 e. The lowest BCUT2D eigenvalue weighted by molar-refractivity contribution is -0.155. The summed E-state index contributed by atoms with van der Waals surface area (Å²) in [5.41, 5.74) is 0. The highest BCUT2D eigenvalue weighted by atomic mass is 32.2. The number of piperidine rings is 1. The maximum Gasteiger partial charge on any atom is 0.328 e. The van der Waals surface area contributed by atoms with Gasteiger partial charge in [0.15, 0.2) is 0 Å². The first-order valence-corrected chi connectivity index (χ1v) is 8.86. The van der Waals surface area contributed by atoms with E-state index in [1.165, 1.54) is 18.9 Å². The number of hydrogen-bond donors (Lipinski definition) is 1. The molecule has 0 saturated carbocycles. The highest BCUT2D eigenvalue weighted by Gasteiger charge is 2.35. The zero-order valence-electron chi connectivity index (χ0n) is 12.8. The smallest absolute Gasteiger partial charge is 0.328 e. The van der Waals surface area contributed by atoms with E-state index in [0.717, 1.165) is 12.8 Å². The van der Waals surface area contributed by atoms with Gasteiger partial charge in [-0.2, -0.15) is 0 Å². The van der Waals surface area contributed by atoms with Gasteiger partial charge < -0.3 is 9.64 Å². The molecule has 0 spiro atoms. The summed E-state index contributed by atoms with van der Waals surface area (Å²) in [6.07, 6.45) is 2.67. The summed E-state index contributed by atoms with van der Waals surface area (Å²) in [7, 11) is -2.19. The highest BCUT2D eigenvalue weighted by molar-refractivity contribution is 7.89. The van der Waals surface area contributed by atoms with Crippen molar-refractivity contribution in [3.05, 3.63) is 0 Å². The van der Waals surface area contributed by atoms with Crippen molar-refractivity contribution in [1.29, 1.82) is 0 Å². The lowest BCUT2D eigenvalue weighted by atomic mass is 10.0. The average molecular weight is 320 g/mol. The molecule has 1 aliphatic heterocycles. The summed E-state index contributed by atoms with van der Waals surface area (Å²) in [6, 6.07) is -1.50. The van der Waals surface area contributed by atoms with Gasteiger partial charge in [-0.15, -0.1) is 0 Å². The molecule has 0 bridgehead atoms. The van der Waals surface area contributed by atoms with Crippen LogP contribution in [0.1, 0.15) is 39.5 Å². The molecular weight excluding hydrogens is 296 g/mol. The van der Waals surface area contributed by atoms with Crippen LogP contribution in [0.15, 0.2) is 0 Å². The number of sulfonamides is 1. The quantitative estimate of drug-likeness (QED) is 0.709. The van der Waals surface area contributed by atoms with Gasteiger partial charge in [0.25, 0.3) is 0 Å². The summed E-state index contributed by atoms with van der Waals surface area (Å²) in [4.78, 5) is 25.6. The molecule has 1 heterocycles. The number of rotatable bonds is 6. The number of carbonyl (C=O) groups is 2. The number of ether oxygens (including phenoxy) is 1. The Bertz CT molecular complexity index is 477. The number of nitrogens with zero attached hydrogens (tertiary/aromatic N) is 1. The third-order valence-corrected chi connectivity index (χ3v) is 5.12. The molecule has 1 rings (SSSR count). The third-order valence-electron chi connectivity index (χ3n) is 3.46. The Kier molecular flexibility index (Phi) is 6.60. The van der Waals surface area contributed by atoms with Crippen molar-refractivity contribution in [2.24, 2.45) is 0 Å². The zero-order valence-corrected chi connectivity index (χ0v) is 13.6. The molecule has 2 atom stereocenters. The van der Waals surface area contributed by atoms with Gasteiger partial charge in [-0.05, 0) is 32.6 Å². The molecule has 1 N–H and O–H groups in total. The number of hydrogen-bond acceptors (Lipinski definition) is 5. The molecule has 8 heteroatoms. The van der Waals surface area contributed by atoms with Gasteiger partial charge in [-0.1, -0.05) is 6.92 Å². The van der Waals surface area contributed by atoms with Crippen molar-refractivity contribution in [1.82, 2.24) is 9.62 Å². The molecule has 1 fully saturated rings. The third kappa shape index (κ3) is 4.96. The number of esters is 1. The van der Waals surface area contributed by atoms with Crippen LogP contribution in [-0.4, -0.2) is 56.7 Å². The molecule has 0 aromatic heterocycles. The Hall–Kier alpha value is -1.15. The fraction of sp³-hybridized carbons (Fsp3) is 0.846. The van der Waals surface area contributed by atoms with Gasteiger partial charge >= 0.3 is 5.97 Å². The van der Waals surface area contributed by atoms with Gasteiger partial charge in [0.2, 0.25) is 15.9 Å². The Morgan fingerprint density at radius 3 is 2.62 bits per heavy atom. The van der Waals surface area contributed by atoms with Crippen LogP contribution < -0.4 is 4.72 Å². The van der Waals surface area contributed by atoms with Crippen molar-refractivity contribution < 1.29 is 22.7 Å². The molecule has 0 aromatic carbocycles. The van der Waals surface area contributed by atoms with E-state index in [0.29, 0.717) is 19.4 Å². The minimum Gasteiger partial charge on any atom is -0.467 e. The first-order chi connectivity index (χ1) is 9.82. The summed E-state index contributed by atoms with van der Waals surface area (Å²) in [5, 5.41) is 0. The second kappa shape index (κ2) is 7.74. The lowest BCUT2D eigenvalue weighted by Gasteiger charge is -2.35. The second-order valence-electron chi connectivity index (χ2n) is 5.22. The van der Waals surface area contributed by atoms with Crippen molar-refractivity contribution >= 4 is 21.9 Å². The minimum absolute atomic E-state index is 0.0228. The molecule has 7 nitrogen and oxygen atoms in total. The van der Waals surface area contributed by atoms with E-state index >= 15 is 0 Å². The van der Waals surface area contributed by atoms with E-state index in [-0.39, 0.29) is 11.7 Å². The van der Waals surface area contributed by atoms with E-state index < -0.39 is 28.1 Å². The second-order valence-corrected chi connectivity index (χ2v) is 7.10. The fourth-order valence-corrected chi connectivity index (χ4v) is 3.77. The molecule has 0 radical (unpaired) electrons. The molecule has 0 aliphatic carbocycles. The standard InChI is InChI=1S/C13H24N2O5S/c1-4-9-21(18,19)14-10(2)12(16)15-8-6-5-7-11(15)13(17)20-3/h10-11,14H,4-9H2,1-3H3/t10?,11-/m1/s1. The van der Waals surface area contributed by atoms with Crippen LogP contribution in [0.4, 0.5) is 0 Å². The Morgan fingerprint density at radius 2 is 2.05 bits per heavy atom. The first kappa shape index (κ1) is 17.9. The van der Waals surface area contributed by atoms with Gasteiger partial charge in [-0.3, -0.25) is 4.79 Å². The van der Waals surface area contributed by atoms with Crippen LogP contribution in [0, 0.1) is 0 Å². The number of carbonyl (C=O) groups excluding carboxylic acids is 2. The number of methoxy groups -OCH3 is 1. The maximum absolute atomic E-state index is 12.4. The molecule has 1 aliphatic rings. The van der Waals surface area contributed by atoms with Gasteiger partial charge in [0, 0.05) is 6.54 Å². The predicted octanol–water partition coefficient (Wildman–Crippen LogP) is 0.258. The highest BCUT2D eigenvalue weighted by Crippen LogP contribution is 2.19. The van der Waals surface area contributed by atoms with Crippen molar-refractivity contribution in [2.75, 3.05) is 19.4 Å². The minimum atomic E-state index is -3.47. The van der Waals surface area contributed by atoms with E-state index in [2.05, 4.69) is 4.72 Å². The number of nitrogens with one attached hydrogen (secondary N) is 1.